The molecular weight excluding hydrogens is 466 g/mol. The zero-order valence-corrected chi connectivity index (χ0v) is 18.6. The Morgan fingerprint density at radius 1 is 1.00 bits per heavy atom. The molecule has 1 aromatic heterocycles. The molecular formula is C22H18ClN5O4S. The third-order valence-corrected chi connectivity index (χ3v) is 5.96. The van der Waals surface area contributed by atoms with E-state index in [0.29, 0.717) is 27.3 Å². The summed E-state index contributed by atoms with van der Waals surface area (Å²) in [5.74, 6) is -0.581. The number of fused-ring (bicyclic) bond motifs is 1. The average molecular weight is 484 g/mol. The highest BCUT2D eigenvalue weighted by molar-refractivity contribution is 7.89. The fourth-order valence-electron chi connectivity index (χ4n) is 3.22. The molecule has 4 N–H and O–H groups in total. The molecule has 0 radical (unpaired) electrons. The summed E-state index contributed by atoms with van der Waals surface area (Å²) in [4.78, 5) is 12.5. The van der Waals surface area contributed by atoms with Gasteiger partial charge in [-0.05, 0) is 54.6 Å². The van der Waals surface area contributed by atoms with Gasteiger partial charge in [-0.15, -0.1) is 5.11 Å². The number of carbonyl (C=O) groups excluding carboxylic acids is 1. The molecule has 3 aromatic carbocycles. The van der Waals surface area contributed by atoms with E-state index in [2.05, 4.69) is 15.5 Å². The van der Waals surface area contributed by atoms with Crippen LogP contribution in [-0.4, -0.2) is 24.0 Å². The topological polar surface area (TPSA) is 139 Å². The van der Waals surface area contributed by atoms with Crippen LogP contribution in [0.2, 0.25) is 5.02 Å². The molecule has 0 atom stereocenters. The summed E-state index contributed by atoms with van der Waals surface area (Å²) in [5.41, 5.74) is 1.71. The van der Waals surface area contributed by atoms with Gasteiger partial charge in [-0.3, -0.25) is 4.79 Å². The standard InChI is InChI=1S/C22H18ClN5O4S/c23-14-5-7-15(8-6-14)25-20(29)13-28-19-4-2-1-3-18(19)21(22(28)30)27-26-16-9-11-17(12-10-16)33(24,31)32/h1-12,30H,13H2,(H,25,29)(H2,24,31,32). The third kappa shape index (κ3) is 5.03. The lowest BCUT2D eigenvalue weighted by Gasteiger charge is -2.08. The molecule has 1 amide bonds. The Morgan fingerprint density at radius 2 is 1.67 bits per heavy atom. The number of hydrogen-bond donors (Lipinski definition) is 3. The smallest absolute Gasteiger partial charge is 0.244 e. The lowest BCUT2D eigenvalue weighted by molar-refractivity contribution is -0.116. The summed E-state index contributed by atoms with van der Waals surface area (Å²) in [5, 5.41) is 28.0. The van der Waals surface area contributed by atoms with E-state index in [-0.39, 0.29) is 28.9 Å². The van der Waals surface area contributed by atoms with Gasteiger partial charge in [0.25, 0.3) is 0 Å². The van der Waals surface area contributed by atoms with E-state index < -0.39 is 10.0 Å². The Balaban J connectivity index is 1.62. The molecule has 0 saturated carbocycles. The fourth-order valence-corrected chi connectivity index (χ4v) is 3.86. The highest BCUT2D eigenvalue weighted by Gasteiger charge is 2.18. The highest BCUT2D eigenvalue weighted by atomic mass is 35.5. The number of rotatable bonds is 6. The number of anilines is 1. The van der Waals surface area contributed by atoms with Crippen LogP contribution in [0.3, 0.4) is 0 Å². The predicted molar refractivity (Wildman–Crippen MR) is 126 cm³/mol. The number of nitrogens with two attached hydrogens (primary N) is 1. The minimum Gasteiger partial charge on any atom is -0.493 e. The predicted octanol–water partition coefficient (Wildman–Crippen LogP) is 4.70. The molecule has 33 heavy (non-hydrogen) atoms. The van der Waals surface area contributed by atoms with Crippen molar-refractivity contribution < 1.29 is 18.3 Å². The maximum absolute atomic E-state index is 12.6. The number of aromatic hydroxyl groups is 1. The molecule has 4 aromatic rings. The van der Waals surface area contributed by atoms with Crippen molar-refractivity contribution in [2.45, 2.75) is 11.4 Å². The van der Waals surface area contributed by atoms with Gasteiger partial charge < -0.3 is 15.0 Å². The van der Waals surface area contributed by atoms with Gasteiger partial charge in [0.05, 0.1) is 16.1 Å². The van der Waals surface area contributed by atoms with Gasteiger partial charge >= 0.3 is 0 Å². The van der Waals surface area contributed by atoms with E-state index in [0.717, 1.165) is 0 Å². The van der Waals surface area contributed by atoms with Crippen molar-refractivity contribution in [1.29, 1.82) is 0 Å². The average Bonchev–Trinajstić information content (AvgIpc) is 3.04. The first kappa shape index (κ1) is 22.5. The monoisotopic (exact) mass is 483 g/mol. The SMILES string of the molecule is NS(=O)(=O)c1ccc(N=Nc2c(O)n(CC(=O)Nc3ccc(Cl)cc3)c3ccccc23)cc1. The number of amides is 1. The number of sulfonamides is 1. The first-order chi connectivity index (χ1) is 15.7. The Kier molecular flexibility index (Phi) is 6.14. The summed E-state index contributed by atoms with van der Waals surface area (Å²) in [7, 11) is -3.82. The van der Waals surface area contributed by atoms with Crippen molar-refractivity contribution in [2.24, 2.45) is 15.4 Å². The third-order valence-electron chi connectivity index (χ3n) is 4.78. The van der Waals surface area contributed by atoms with Gasteiger partial charge in [-0.25, -0.2) is 13.6 Å². The Bertz CT molecular complexity index is 1460. The summed E-state index contributed by atoms with van der Waals surface area (Å²) in [6.45, 7) is -0.159. The van der Waals surface area contributed by atoms with Gasteiger partial charge in [0.15, 0.2) is 5.69 Å². The number of nitrogens with one attached hydrogen (secondary N) is 1. The molecule has 0 aliphatic heterocycles. The lowest BCUT2D eigenvalue weighted by atomic mass is 10.2. The number of nitrogens with zero attached hydrogens (tertiary/aromatic N) is 3. The molecule has 1 heterocycles. The van der Waals surface area contributed by atoms with Crippen LogP contribution in [0.5, 0.6) is 5.88 Å². The number of azo groups is 1. The second kappa shape index (κ2) is 9.02. The molecule has 11 heteroatoms. The number of carbonyl (C=O) groups is 1. The van der Waals surface area contributed by atoms with E-state index in [1.165, 1.54) is 28.8 Å². The summed E-state index contributed by atoms with van der Waals surface area (Å²) < 4.78 is 24.2. The normalized spacial score (nSPS) is 11.8. The van der Waals surface area contributed by atoms with Crippen molar-refractivity contribution in [2.75, 3.05) is 5.32 Å². The number of halogens is 1. The molecule has 4 rings (SSSR count). The maximum atomic E-state index is 12.6. The second-order valence-electron chi connectivity index (χ2n) is 7.07. The van der Waals surface area contributed by atoms with E-state index in [9.17, 15) is 18.3 Å². The number of para-hydroxylation sites is 1. The minimum atomic E-state index is -3.82. The number of aromatic nitrogens is 1. The van der Waals surface area contributed by atoms with Crippen molar-refractivity contribution in [3.63, 3.8) is 0 Å². The Morgan fingerprint density at radius 3 is 2.33 bits per heavy atom. The summed E-state index contributed by atoms with van der Waals surface area (Å²) >= 11 is 5.87. The summed E-state index contributed by atoms with van der Waals surface area (Å²) in [6.07, 6.45) is 0. The van der Waals surface area contributed by atoms with Crippen molar-refractivity contribution in [1.82, 2.24) is 4.57 Å². The van der Waals surface area contributed by atoms with Gasteiger partial charge in [0, 0.05) is 16.1 Å². The van der Waals surface area contributed by atoms with Crippen LogP contribution in [0.4, 0.5) is 17.1 Å². The number of primary sulfonamides is 1. The van der Waals surface area contributed by atoms with Crippen LogP contribution >= 0.6 is 11.6 Å². The van der Waals surface area contributed by atoms with Crippen LogP contribution in [-0.2, 0) is 21.4 Å². The number of hydrogen-bond acceptors (Lipinski definition) is 6. The van der Waals surface area contributed by atoms with Crippen LogP contribution < -0.4 is 10.5 Å². The van der Waals surface area contributed by atoms with Gasteiger partial charge in [-0.2, -0.15) is 5.11 Å². The van der Waals surface area contributed by atoms with Gasteiger partial charge in [0.1, 0.15) is 6.54 Å². The van der Waals surface area contributed by atoms with Crippen LogP contribution in [0, 0.1) is 0 Å². The van der Waals surface area contributed by atoms with Crippen molar-refractivity contribution in [3.05, 3.63) is 77.8 Å². The maximum Gasteiger partial charge on any atom is 0.244 e. The zero-order valence-electron chi connectivity index (χ0n) is 17.0. The molecule has 168 valence electrons. The first-order valence-electron chi connectivity index (χ1n) is 9.62. The minimum absolute atomic E-state index is 0.0485. The molecule has 0 aliphatic carbocycles. The largest absolute Gasteiger partial charge is 0.493 e. The van der Waals surface area contributed by atoms with Gasteiger partial charge in [0.2, 0.25) is 21.8 Å². The quantitative estimate of drug-likeness (QED) is 0.342. The Labute approximate surface area is 194 Å². The molecule has 0 spiro atoms. The first-order valence-corrected chi connectivity index (χ1v) is 11.5. The molecule has 0 bridgehead atoms. The van der Waals surface area contributed by atoms with Crippen molar-refractivity contribution in [3.8, 4) is 5.88 Å². The van der Waals surface area contributed by atoms with E-state index in [1.807, 2.05) is 0 Å². The van der Waals surface area contributed by atoms with Crippen LogP contribution in [0.1, 0.15) is 0 Å². The lowest BCUT2D eigenvalue weighted by Crippen LogP contribution is -2.18. The van der Waals surface area contributed by atoms with Crippen molar-refractivity contribution >= 4 is 55.5 Å². The van der Waals surface area contributed by atoms with E-state index >= 15 is 0 Å². The Hall–Kier alpha value is -3.73. The molecule has 0 saturated heterocycles. The fraction of sp³-hybridized carbons (Fsp3) is 0.0455. The second-order valence-corrected chi connectivity index (χ2v) is 9.07. The molecule has 0 aliphatic rings. The van der Waals surface area contributed by atoms with E-state index in [1.54, 1.807) is 48.5 Å². The highest BCUT2D eigenvalue weighted by Crippen LogP contribution is 2.39. The molecule has 9 nitrogen and oxygen atoms in total. The van der Waals surface area contributed by atoms with Crippen LogP contribution in [0.25, 0.3) is 10.9 Å². The van der Waals surface area contributed by atoms with E-state index in [4.69, 9.17) is 16.7 Å². The molecule has 0 unspecified atom stereocenters. The molecule has 0 fully saturated rings. The zero-order chi connectivity index (χ0) is 23.6. The number of benzene rings is 3. The summed E-state index contributed by atoms with van der Waals surface area (Å²) in [6, 6.07) is 19.2. The van der Waals surface area contributed by atoms with Crippen LogP contribution in [0.15, 0.2) is 87.9 Å². The van der Waals surface area contributed by atoms with Gasteiger partial charge in [-0.1, -0.05) is 29.8 Å².